The second-order valence-electron chi connectivity index (χ2n) is 3.77. The summed E-state index contributed by atoms with van der Waals surface area (Å²) in [5, 5.41) is 8.84. The zero-order valence-electron chi connectivity index (χ0n) is 9.87. The topological polar surface area (TPSA) is 57.0 Å². The van der Waals surface area contributed by atoms with E-state index in [1.807, 2.05) is 0 Å². The van der Waals surface area contributed by atoms with Gasteiger partial charge in [-0.25, -0.2) is 0 Å². The molecule has 1 aromatic carbocycles. The fourth-order valence-corrected chi connectivity index (χ4v) is 1.58. The van der Waals surface area contributed by atoms with Crippen molar-refractivity contribution in [3.63, 3.8) is 0 Å². The van der Waals surface area contributed by atoms with Crippen molar-refractivity contribution in [2.75, 3.05) is 11.9 Å². The molecule has 1 aromatic heterocycles. The van der Waals surface area contributed by atoms with E-state index in [1.54, 1.807) is 49.6 Å². The second-order valence-corrected chi connectivity index (χ2v) is 3.77. The molecule has 2 aromatic rings. The molecule has 0 atom stereocenters. The number of carbonyl (C=O) groups excluding carboxylic acids is 1. The van der Waals surface area contributed by atoms with E-state index in [4.69, 9.17) is 5.26 Å². The Kier molecular flexibility index (Phi) is 3.35. The Hall–Kier alpha value is -2.67. The van der Waals surface area contributed by atoms with Gasteiger partial charge in [-0.2, -0.15) is 5.26 Å². The first kappa shape index (κ1) is 11.8. The number of carbonyl (C=O) groups is 1. The highest BCUT2D eigenvalue weighted by molar-refractivity contribution is 6.05. The SMILES string of the molecule is CN(C(=O)c1cccnc1)c1cccc(C#N)c1. The molecular formula is C14H11N3O. The van der Waals surface area contributed by atoms with Crippen LogP contribution in [0.5, 0.6) is 0 Å². The van der Waals surface area contributed by atoms with E-state index < -0.39 is 0 Å². The van der Waals surface area contributed by atoms with Gasteiger partial charge in [0.05, 0.1) is 17.2 Å². The van der Waals surface area contributed by atoms with Gasteiger partial charge < -0.3 is 4.90 Å². The number of nitriles is 1. The van der Waals surface area contributed by atoms with Gasteiger partial charge in [-0.15, -0.1) is 0 Å². The summed E-state index contributed by atoms with van der Waals surface area (Å²) in [4.78, 5) is 17.6. The monoisotopic (exact) mass is 237 g/mol. The van der Waals surface area contributed by atoms with Gasteiger partial charge in [0, 0.05) is 25.1 Å². The van der Waals surface area contributed by atoms with Gasteiger partial charge in [-0.1, -0.05) is 6.07 Å². The molecule has 0 aliphatic heterocycles. The van der Waals surface area contributed by atoms with E-state index >= 15 is 0 Å². The van der Waals surface area contributed by atoms with Crippen LogP contribution >= 0.6 is 0 Å². The first-order valence-electron chi connectivity index (χ1n) is 5.40. The average Bonchev–Trinajstić information content (AvgIpc) is 2.46. The lowest BCUT2D eigenvalue weighted by molar-refractivity contribution is 0.0992. The van der Waals surface area contributed by atoms with Crippen LogP contribution in [-0.4, -0.2) is 17.9 Å². The molecule has 0 saturated carbocycles. The lowest BCUT2D eigenvalue weighted by Crippen LogP contribution is -2.26. The molecule has 0 bridgehead atoms. The molecule has 2 rings (SSSR count). The Morgan fingerprint density at radius 3 is 2.83 bits per heavy atom. The van der Waals surface area contributed by atoms with Crippen LogP contribution in [0.3, 0.4) is 0 Å². The van der Waals surface area contributed by atoms with E-state index in [0.717, 1.165) is 0 Å². The minimum atomic E-state index is -0.154. The summed E-state index contributed by atoms with van der Waals surface area (Å²) in [5.41, 5.74) is 1.73. The van der Waals surface area contributed by atoms with Crippen molar-refractivity contribution < 1.29 is 4.79 Å². The van der Waals surface area contributed by atoms with Crippen LogP contribution in [0.4, 0.5) is 5.69 Å². The van der Waals surface area contributed by atoms with Gasteiger partial charge in [0.25, 0.3) is 5.91 Å². The van der Waals surface area contributed by atoms with Gasteiger partial charge in [-0.05, 0) is 30.3 Å². The summed E-state index contributed by atoms with van der Waals surface area (Å²) in [7, 11) is 1.67. The van der Waals surface area contributed by atoms with Crippen molar-refractivity contribution in [3.05, 3.63) is 59.9 Å². The van der Waals surface area contributed by atoms with Gasteiger partial charge in [-0.3, -0.25) is 9.78 Å². The molecule has 0 radical (unpaired) electrons. The maximum atomic E-state index is 12.1. The molecule has 0 aliphatic rings. The Labute approximate surface area is 105 Å². The van der Waals surface area contributed by atoms with Gasteiger partial charge in [0.2, 0.25) is 0 Å². The molecule has 4 heteroatoms. The Morgan fingerprint density at radius 2 is 2.17 bits per heavy atom. The smallest absolute Gasteiger partial charge is 0.259 e. The molecule has 0 N–H and O–H groups in total. The number of anilines is 1. The quantitative estimate of drug-likeness (QED) is 0.804. The Bertz CT molecular complexity index is 602. The fraction of sp³-hybridized carbons (Fsp3) is 0.0714. The van der Waals surface area contributed by atoms with Crippen molar-refractivity contribution >= 4 is 11.6 Å². The van der Waals surface area contributed by atoms with Crippen LogP contribution in [0.1, 0.15) is 15.9 Å². The lowest BCUT2D eigenvalue weighted by atomic mass is 10.2. The summed E-state index contributed by atoms with van der Waals surface area (Å²) in [6.07, 6.45) is 3.14. The molecular weight excluding hydrogens is 226 g/mol. The van der Waals surface area contributed by atoms with E-state index in [0.29, 0.717) is 16.8 Å². The fourth-order valence-electron chi connectivity index (χ4n) is 1.58. The van der Waals surface area contributed by atoms with Gasteiger partial charge >= 0.3 is 0 Å². The molecule has 0 fully saturated rings. The Morgan fingerprint density at radius 1 is 1.33 bits per heavy atom. The van der Waals surface area contributed by atoms with Gasteiger partial charge in [0.15, 0.2) is 0 Å². The number of hydrogen-bond acceptors (Lipinski definition) is 3. The van der Waals surface area contributed by atoms with Crippen molar-refractivity contribution in [2.45, 2.75) is 0 Å². The standard InChI is InChI=1S/C14H11N3O/c1-17(13-6-2-4-11(8-13)9-15)14(18)12-5-3-7-16-10-12/h2-8,10H,1H3. The Balaban J connectivity index is 2.29. The molecule has 0 aliphatic carbocycles. The highest BCUT2D eigenvalue weighted by Crippen LogP contribution is 2.16. The van der Waals surface area contributed by atoms with E-state index in [-0.39, 0.29) is 5.91 Å². The third-order valence-electron chi connectivity index (χ3n) is 2.58. The maximum Gasteiger partial charge on any atom is 0.259 e. The van der Waals surface area contributed by atoms with Crippen LogP contribution in [0.25, 0.3) is 0 Å². The second kappa shape index (κ2) is 5.11. The number of rotatable bonds is 2. The van der Waals surface area contributed by atoms with Crippen LogP contribution in [0.2, 0.25) is 0 Å². The van der Waals surface area contributed by atoms with Crippen molar-refractivity contribution in [1.82, 2.24) is 4.98 Å². The normalized spacial score (nSPS) is 9.56. The predicted octanol–water partition coefficient (Wildman–Crippen LogP) is 2.23. The highest BCUT2D eigenvalue weighted by atomic mass is 16.2. The van der Waals surface area contributed by atoms with Crippen LogP contribution in [0, 0.1) is 11.3 Å². The predicted molar refractivity (Wildman–Crippen MR) is 68.1 cm³/mol. The number of pyridine rings is 1. The van der Waals surface area contributed by atoms with Crippen molar-refractivity contribution in [3.8, 4) is 6.07 Å². The van der Waals surface area contributed by atoms with Crippen molar-refractivity contribution in [2.24, 2.45) is 0 Å². The van der Waals surface area contributed by atoms with E-state index in [1.165, 1.54) is 11.1 Å². The van der Waals surface area contributed by atoms with Crippen LogP contribution in [-0.2, 0) is 0 Å². The van der Waals surface area contributed by atoms with Crippen molar-refractivity contribution in [1.29, 1.82) is 5.26 Å². The summed E-state index contributed by atoms with van der Waals surface area (Å²) in [5.74, 6) is -0.154. The first-order chi connectivity index (χ1) is 8.72. The van der Waals surface area contributed by atoms with E-state index in [2.05, 4.69) is 11.1 Å². The third kappa shape index (κ3) is 2.36. The molecule has 18 heavy (non-hydrogen) atoms. The number of amides is 1. The molecule has 88 valence electrons. The number of nitrogens with zero attached hydrogens (tertiary/aromatic N) is 3. The minimum Gasteiger partial charge on any atom is -0.311 e. The molecule has 1 amide bonds. The molecule has 4 nitrogen and oxygen atoms in total. The average molecular weight is 237 g/mol. The maximum absolute atomic E-state index is 12.1. The number of aromatic nitrogens is 1. The highest BCUT2D eigenvalue weighted by Gasteiger charge is 2.13. The largest absolute Gasteiger partial charge is 0.311 e. The lowest BCUT2D eigenvalue weighted by Gasteiger charge is -2.17. The molecule has 1 heterocycles. The zero-order chi connectivity index (χ0) is 13.0. The first-order valence-corrected chi connectivity index (χ1v) is 5.40. The third-order valence-corrected chi connectivity index (χ3v) is 2.58. The summed E-state index contributed by atoms with van der Waals surface area (Å²) in [6, 6.07) is 12.4. The zero-order valence-corrected chi connectivity index (χ0v) is 9.87. The molecule has 0 unspecified atom stereocenters. The summed E-state index contributed by atoms with van der Waals surface area (Å²) < 4.78 is 0. The van der Waals surface area contributed by atoms with Crippen LogP contribution in [0.15, 0.2) is 48.8 Å². The number of benzene rings is 1. The van der Waals surface area contributed by atoms with Crippen LogP contribution < -0.4 is 4.90 Å². The van der Waals surface area contributed by atoms with E-state index in [9.17, 15) is 4.79 Å². The molecule has 0 spiro atoms. The summed E-state index contributed by atoms with van der Waals surface area (Å²) in [6.45, 7) is 0. The summed E-state index contributed by atoms with van der Waals surface area (Å²) >= 11 is 0. The van der Waals surface area contributed by atoms with Gasteiger partial charge in [0.1, 0.15) is 0 Å². The minimum absolute atomic E-state index is 0.154. The number of hydrogen-bond donors (Lipinski definition) is 0. The molecule has 0 saturated heterocycles.